The molecule has 0 N–H and O–H groups in total. The molecule has 3 aliphatic carbocycles. The molecule has 6 aromatic carbocycles. The van der Waals surface area contributed by atoms with Gasteiger partial charge in [-0.25, -0.2) is 0 Å². The van der Waals surface area contributed by atoms with E-state index in [0.29, 0.717) is 0 Å². The number of hydrogen-bond acceptors (Lipinski definition) is 1. The van der Waals surface area contributed by atoms with E-state index in [-0.39, 0.29) is 11.3 Å². The Labute approximate surface area is 258 Å². The van der Waals surface area contributed by atoms with Gasteiger partial charge in [0, 0.05) is 5.92 Å². The van der Waals surface area contributed by atoms with Crippen molar-refractivity contribution in [2.45, 2.75) is 24.2 Å². The summed E-state index contributed by atoms with van der Waals surface area (Å²) in [7, 11) is 0. The van der Waals surface area contributed by atoms with Crippen LogP contribution >= 0.6 is 0 Å². The molecule has 1 atom stereocenters. The van der Waals surface area contributed by atoms with Crippen molar-refractivity contribution in [2.75, 3.05) is 0 Å². The fourth-order valence-corrected chi connectivity index (χ4v) is 8.47. The van der Waals surface area contributed by atoms with Gasteiger partial charge in [0.2, 0.25) is 0 Å². The molecule has 1 unspecified atom stereocenters. The molecule has 208 valence electrons. The van der Waals surface area contributed by atoms with Gasteiger partial charge in [-0.1, -0.05) is 140 Å². The van der Waals surface area contributed by atoms with Crippen molar-refractivity contribution in [3.63, 3.8) is 0 Å². The highest BCUT2D eigenvalue weighted by Crippen LogP contribution is 2.64. The summed E-state index contributed by atoms with van der Waals surface area (Å²) in [6.45, 7) is 4.00. The maximum absolute atomic E-state index is 4.56. The first-order valence-electron chi connectivity index (χ1n) is 15.6. The van der Waals surface area contributed by atoms with Crippen LogP contribution in [0.2, 0.25) is 0 Å². The second-order valence-electron chi connectivity index (χ2n) is 12.2. The summed E-state index contributed by atoms with van der Waals surface area (Å²) < 4.78 is 0. The fraction of sp³-hybridized carbons (Fsp3) is 0.0930. The van der Waals surface area contributed by atoms with Crippen molar-refractivity contribution in [3.8, 4) is 0 Å². The standard InChI is InChI=1S/C43H31N/c1-44-39(29-15-6-3-7-16-29)27-34(28-13-4-2-5-14-28)32-20-12-24-38-42(32)33-19-8-9-21-35(33)43(38)36-22-10-17-30-25-26-31-18-11-23-37(43)41(31)40(30)36/h2-8,10-20,22-27,34H,1,9,21H2/b39-27-. The number of allylic oxidation sites excluding steroid dienone is 5. The van der Waals surface area contributed by atoms with E-state index < -0.39 is 0 Å². The third-order valence-electron chi connectivity index (χ3n) is 10.1. The lowest BCUT2D eigenvalue weighted by Crippen LogP contribution is -2.28. The van der Waals surface area contributed by atoms with E-state index >= 15 is 0 Å². The number of hydrogen-bond donors (Lipinski definition) is 0. The van der Waals surface area contributed by atoms with Crippen molar-refractivity contribution in [3.05, 3.63) is 190 Å². The quantitative estimate of drug-likeness (QED) is 0.147. The van der Waals surface area contributed by atoms with Crippen molar-refractivity contribution in [2.24, 2.45) is 4.99 Å². The van der Waals surface area contributed by atoms with E-state index in [1.54, 1.807) is 5.57 Å². The Hall–Kier alpha value is -5.27. The number of fused-ring (bicyclic) bond motifs is 6. The van der Waals surface area contributed by atoms with E-state index in [4.69, 9.17) is 0 Å². The molecule has 1 heteroatoms. The summed E-state index contributed by atoms with van der Waals surface area (Å²) in [6.07, 6.45) is 9.21. The summed E-state index contributed by atoms with van der Waals surface area (Å²) in [5.74, 6) is 0.00134. The molecule has 6 aromatic rings. The van der Waals surface area contributed by atoms with E-state index in [1.165, 1.54) is 60.5 Å². The lowest BCUT2D eigenvalue weighted by Gasteiger charge is -2.34. The van der Waals surface area contributed by atoms with Crippen LogP contribution in [-0.4, -0.2) is 6.72 Å². The molecule has 0 heterocycles. The lowest BCUT2D eigenvalue weighted by molar-refractivity contribution is 0.715. The normalized spacial score (nSPS) is 16.6. The van der Waals surface area contributed by atoms with Crippen LogP contribution < -0.4 is 0 Å². The first kappa shape index (κ1) is 25.2. The minimum atomic E-state index is -0.294. The molecule has 0 bridgehead atoms. The molecule has 3 aliphatic rings. The predicted octanol–water partition coefficient (Wildman–Crippen LogP) is 10.6. The molecule has 0 saturated heterocycles. The Kier molecular flexibility index (Phi) is 5.52. The molecule has 0 amide bonds. The predicted molar refractivity (Wildman–Crippen MR) is 185 cm³/mol. The zero-order valence-electron chi connectivity index (χ0n) is 24.5. The average molecular weight is 562 g/mol. The number of aliphatic imine (C=N–C) groups is 1. The van der Waals surface area contributed by atoms with E-state index in [2.05, 4.69) is 151 Å². The van der Waals surface area contributed by atoms with Gasteiger partial charge in [0.1, 0.15) is 0 Å². The van der Waals surface area contributed by atoms with Crippen molar-refractivity contribution >= 4 is 39.5 Å². The summed E-state index contributed by atoms with van der Waals surface area (Å²) in [4.78, 5) is 4.56. The van der Waals surface area contributed by atoms with Gasteiger partial charge >= 0.3 is 0 Å². The van der Waals surface area contributed by atoms with Crippen LogP contribution in [0, 0.1) is 0 Å². The highest BCUT2D eigenvalue weighted by molar-refractivity contribution is 6.17. The minimum absolute atomic E-state index is 0.00134. The van der Waals surface area contributed by atoms with Gasteiger partial charge in [0.05, 0.1) is 11.1 Å². The van der Waals surface area contributed by atoms with Crippen LogP contribution in [0.15, 0.2) is 156 Å². The van der Waals surface area contributed by atoms with Gasteiger partial charge in [0.25, 0.3) is 0 Å². The number of nitrogens with zero attached hydrogens (tertiary/aromatic N) is 1. The highest BCUT2D eigenvalue weighted by Gasteiger charge is 2.52. The Morgan fingerprint density at radius 2 is 1.32 bits per heavy atom. The number of rotatable bonds is 5. The van der Waals surface area contributed by atoms with Gasteiger partial charge in [-0.2, -0.15) is 0 Å². The SMILES string of the molecule is C=N/C(=C\C(c1ccccc1)c1cccc2c1C1=C(CCC=C1)C21c2cccc3ccc4cccc1c4c23)c1ccccc1. The van der Waals surface area contributed by atoms with E-state index in [1.807, 2.05) is 6.07 Å². The van der Waals surface area contributed by atoms with Crippen LogP contribution in [0.5, 0.6) is 0 Å². The highest BCUT2D eigenvalue weighted by atomic mass is 14.7. The minimum Gasteiger partial charge on any atom is -0.264 e. The molecule has 0 saturated carbocycles. The zero-order chi connectivity index (χ0) is 29.3. The maximum Gasteiger partial charge on any atom is 0.0689 e. The Morgan fingerprint density at radius 3 is 2.00 bits per heavy atom. The van der Waals surface area contributed by atoms with Gasteiger partial charge in [-0.3, -0.25) is 4.99 Å². The zero-order valence-corrected chi connectivity index (χ0v) is 24.5. The van der Waals surface area contributed by atoms with Crippen molar-refractivity contribution in [1.29, 1.82) is 0 Å². The van der Waals surface area contributed by atoms with Crippen LogP contribution in [0.4, 0.5) is 0 Å². The van der Waals surface area contributed by atoms with E-state index in [9.17, 15) is 0 Å². The van der Waals surface area contributed by atoms with Crippen LogP contribution in [-0.2, 0) is 5.41 Å². The topological polar surface area (TPSA) is 12.4 Å². The molecule has 0 aliphatic heterocycles. The molecule has 9 rings (SSSR count). The summed E-state index contributed by atoms with van der Waals surface area (Å²) in [5.41, 5.74) is 12.8. The summed E-state index contributed by atoms with van der Waals surface area (Å²) in [5, 5.41) is 5.49. The van der Waals surface area contributed by atoms with Crippen LogP contribution in [0.3, 0.4) is 0 Å². The van der Waals surface area contributed by atoms with Crippen LogP contribution in [0.25, 0.3) is 32.8 Å². The number of benzene rings is 6. The molecule has 44 heavy (non-hydrogen) atoms. The summed E-state index contributed by atoms with van der Waals surface area (Å²) in [6, 6.07) is 46.8. The molecule has 1 nitrogen and oxygen atoms in total. The third kappa shape index (κ3) is 3.33. The molecular weight excluding hydrogens is 530 g/mol. The van der Waals surface area contributed by atoms with Crippen LogP contribution in [0.1, 0.15) is 57.7 Å². The second kappa shape index (κ2) is 9.62. The largest absolute Gasteiger partial charge is 0.264 e. The summed E-state index contributed by atoms with van der Waals surface area (Å²) >= 11 is 0. The molecule has 1 spiro atoms. The van der Waals surface area contributed by atoms with Crippen molar-refractivity contribution in [1.82, 2.24) is 0 Å². The molecular formula is C43H31N. The van der Waals surface area contributed by atoms with Crippen molar-refractivity contribution < 1.29 is 0 Å². The molecule has 0 radical (unpaired) electrons. The third-order valence-corrected chi connectivity index (χ3v) is 10.1. The Balaban J connectivity index is 1.38. The monoisotopic (exact) mass is 561 g/mol. The Morgan fingerprint density at radius 1 is 0.682 bits per heavy atom. The van der Waals surface area contributed by atoms with Gasteiger partial charge < -0.3 is 0 Å². The van der Waals surface area contributed by atoms with E-state index in [0.717, 1.165) is 24.1 Å². The Bertz CT molecular complexity index is 2170. The first-order chi connectivity index (χ1) is 21.8. The van der Waals surface area contributed by atoms with Gasteiger partial charge in [0.15, 0.2) is 0 Å². The first-order valence-corrected chi connectivity index (χ1v) is 15.6. The fourth-order valence-electron chi connectivity index (χ4n) is 8.47. The second-order valence-corrected chi connectivity index (χ2v) is 12.2. The average Bonchev–Trinajstić information content (AvgIpc) is 3.57. The molecule has 0 aromatic heterocycles. The van der Waals surface area contributed by atoms with Gasteiger partial charge in [-0.15, -0.1) is 0 Å². The lowest BCUT2D eigenvalue weighted by atomic mass is 9.67. The smallest absolute Gasteiger partial charge is 0.0689 e. The molecule has 0 fully saturated rings. The van der Waals surface area contributed by atoms with Gasteiger partial charge in [-0.05, 0) is 97.3 Å². The maximum atomic E-state index is 4.56.